The molecule has 0 fully saturated rings. The third kappa shape index (κ3) is 4.46. The monoisotopic (exact) mass is 443 g/mol. The number of halogens is 3. The first-order valence-electron chi connectivity index (χ1n) is 9.12. The molecule has 0 unspecified atom stereocenters. The molecule has 0 aliphatic carbocycles. The summed E-state index contributed by atoms with van der Waals surface area (Å²) in [6.07, 6.45) is -4.55. The Bertz CT molecular complexity index is 1180. The van der Waals surface area contributed by atoms with E-state index in [0.29, 0.717) is 33.3 Å². The van der Waals surface area contributed by atoms with Crippen LogP contribution in [0.5, 0.6) is 5.75 Å². The van der Waals surface area contributed by atoms with Crippen molar-refractivity contribution in [3.63, 3.8) is 0 Å². The molecule has 5 nitrogen and oxygen atoms in total. The van der Waals surface area contributed by atoms with E-state index in [1.807, 2.05) is 0 Å². The summed E-state index contributed by atoms with van der Waals surface area (Å²) in [6, 6.07) is 17.6. The van der Waals surface area contributed by atoms with Crippen LogP contribution in [0.15, 0.2) is 72.1 Å². The number of rotatable bonds is 5. The van der Waals surface area contributed by atoms with Crippen LogP contribution in [0.1, 0.15) is 16.1 Å². The molecule has 0 radical (unpaired) electrons. The summed E-state index contributed by atoms with van der Waals surface area (Å²) < 4.78 is 46.0. The predicted molar refractivity (Wildman–Crippen MR) is 113 cm³/mol. The summed E-state index contributed by atoms with van der Waals surface area (Å²) in [5, 5.41) is 8.31. The van der Waals surface area contributed by atoms with Crippen LogP contribution < -0.4 is 10.1 Å². The molecule has 4 aromatic rings. The molecule has 2 aromatic heterocycles. The van der Waals surface area contributed by atoms with Crippen molar-refractivity contribution in [2.75, 3.05) is 12.4 Å². The fourth-order valence-electron chi connectivity index (χ4n) is 2.95. The number of alkyl halides is 3. The van der Waals surface area contributed by atoms with Gasteiger partial charge in [-0.15, -0.1) is 11.3 Å². The van der Waals surface area contributed by atoms with Crippen molar-refractivity contribution in [2.24, 2.45) is 0 Å². The van der Waals surface area contributed by atoms with Crippen molar-refractivity contribution < 1.29 is 22.7 Å². The molecule has 0 bridgehead atoms. The highest BCUT2D eigenvalue weighted by atomic mass is 32.1. The van der Waals surface area contributed by atoms with Crippen LogP contribution in [0.4, 0.5) is 18.9 Å². The number of hydrogen-bond acceptors (Lipinski definition) is 4. The molecule has 1 amide bonds. The molecule has 0 spiro atoms. The van der Waals surface area contributed by atoms with Gasteiger partial charge >= 0.3 is 6.18 Å². The van der Waals surface area contributed by atoms with Crippen molar-refractivity contribution in [3.05, 3.63) is 83.4 Å². The smallest absolute Gasteiger partial charge is 0.435 e. The second kappa shape index (κ2) is 8.27. The first kappa shape index (κ1) is 20.7. The molecule has 2 heterocycles. The van der Waals surface area contributed by atoms with Crippen molar-refractivity contribution >= 4 is 22.9 Å². The van der Waals surface area contributed by atoms with Gasteiger partial charge in [0.25, 0.3) is 5.91 Å². The zero-order chi connectivity index (χ0) is 22.0. The maximum Gasteiger partial charge on any atom is 0.435 e. The maximum atomic E-state index is 13.2. The van der Waals surface area contributed by atoms with E-state index < -0.39 is 11.9 Å². The SMILES string of the molecule is COc1ccc(C(=O)Nc2ccc(-n3nc(C(F)(F)F)cc3-c3cccs3)cc2)cc1. The number of hydrogen-bond donors (Lipinski definition) is 1. The molecule has 31 heavy (non-hydrogen) atoms. The van der Waals surface area contributed by atoms with Crippen LogP contribution in [0.3, 0.4) is 0 Å². The van der Waals surface area contributed by atoms with Gasteiger partial charge in [0, 0.05) is 11.3 Å². The molecule has 0 aliphatic heterocycles. The Kier molecular flexibility index (Phi) is 5.51. The molecule has 4 rings (SSSR count). The summed E-state index contributed by atoms with van der Waals surface area (Å²) in [4.78, 5) is 13.1. The van der Waals surface area contributed by atoms with Crippen LogP contribution in [0.2, 0.25) is 0 Å². The molecule has 9 heteroatoms. The van der Waals surface area contributed by atoms with Crippen molar-refractivity contribution in [2.45, 2.75) is 6.18 Å². The minimum Gasteiger partial charge on any atom is -0.497 e. The van der Waals surface area contributed by atoms with Gasteiger partial charge in [0.15, 0.2) is 5.69 Å². The highest BCUT2D eigenvalue weighted by molar-refractivity contribution is 7.13. The van der Waals surface area contributed by atoms with E-state index in [1.165, 1.54) is 23.1 Å². The van der Waals surface area contributed by atoms with E-state index in [1.54, 1.807) is 66.0 Å². The lowest BCUT2D eigenvalue weighted by atomic mass is 10.2. The van der Waals surface area contributed by atoms with Gasteiger partial charge in [-0.25, -0.2) is 4.68 Å². The zero-order valence-electron chi connectivity index (χ0n) is 16.2. The van der Waals surface area contributed by atoms with Crippen LogP contribution in [0, 0.1) is 0 Å². The Morgan fingerprint density at radius 1 is 1.06 bits per heavy atom. The molecule has 0 saturated carbocycles. The highest BCUT2D eigenvalue weighted by Gasteiger charge is 2.35. The van der Waals surface area contributed by atoms with E-state index in [2.05, 4.69) is 10.4 Å². The quantitative estimate of drug-likeness (QED) is 0.419. The van der Waals surface area contributed by atoms with Crippen LogP contribution in [-0.4, -0.2) is 22.8 Å². The largest absolute Gasteiger partial charge is 0.497 e. The number of amides is 1. The molecule has 0 atom stereocenters. The molecule has 2 aromatic carbocycles. The third-order valence-corrected chi connectivity index (χ3v) is 5.39. The number of nitrogens with one attached hydrogen (secondary N) is 1. The first-order valence-corrected chi connectivity index (χ1v) is 10.00. The number of benzene rings is 2. The number of nitrogens with zero attached hydrogens (tertiary/aromatic N) is 2. The summed E-state index contributed by atoms with van der Waals surface area (Å²) in [5.41, 5.74) is 0.781. The van der Waals surface area contributed by atoms with Gasteiger partial charge in [0.2, 0.25) is 0 Å². The minimum atomic E-state index is -4.55. The Morgan fingerprint density at radius 2 is 1.77 bits per heavy atom. The van der Waals surface area contributed by atoms with Gasteiger partial charge < -0.3 is 10.1 Å². The number of anilines is 1. The summed E-state index contributed by atoms with van der Waals surface area (Å²) in [6.45, 7) is 0. The van der Waals surface area contributed by atoms with Crippen LogP contribution in [-0.2, 0) is 6.18 Å². The van der Waals surface area contributed by atoms with Gasteiger partial charge in [0.1, 0.15) is 5.75 Å². The Hall–Kier alpha value is -3.59. The highest BCUT2D eigenvalue weighted by Crippen LogP contribution is 2.34. The van der Waals surface area contributed by atoms with Crippen molar-refractivity contribution in [3.8, 4) is 22.0 Å². The zero-order valence-corrected chi connectivity index (χ0v) is 17.0. The number of thiophene rings is 1. The van der Waals surface area contributed by atoms with E-state index in [9.17, 15) is 18.0 Å². The van der Waals surface area contributed by atoms with Crippen LogP contribution >= 0.6 is 11.3 Å². The molecule has 1 N–H and O–H groups in total. The summed E-state index contributed by atoms with van der Waals surface area (Å²) in [7, 11) is 1.54. The van der Waals surface area contributed by atoms with Gasteiger partial charge in [-0.3, -0.25) is 4.79 Å². The van der Waals surface area contributed by atoms with Gasteiger partial charge in [-0.2, -0.15) is 18.3 Å². The van der Waals surface area contributed by atoms with Crippen LogP contribution in [0.25, 0.3) is 16.3 Å². The third-order valence-electron chi connectivity index (χ3n) is 4.50. The summed E-state index contributed by atoms with van der Waals surface area (Å²) >= 11 is 1.33. The Labute approximate surface area is 179 Å². The van der Waals surface area contributed by atoms with Crippen molar-refractivity contribution in [1.82, 2.24) is 9.78 Å². The molecule has 0 saturated heterocycles. The number of methoxy groups -OCH3 is 1. The second-order valence-electron chi connectivity index (χ2n) is 6.53. The fourth-order valence-corrected chi connectivity index (χ4v) is 3.67. The Morgan fingerprint density at radius 3 is 2.35 bits per heavy atom. The lowest BCUT2D eigenvalue weighted by Crippen LogP contribution is -2.12. The summed E-state index contributed by atoms with van der Waals surface area (Å²) in [5.74, 6) is 0.327. The molecule has 158 valence electrons. The topological polar surface area (TPSA) is 56.1 Å². The number of aromatic nitrogens is 2. The lowest BCUT2D eigenvalue weighted by Gasteiger charge is -2.09. The van der Waals surface area contributed by atoms with Gasteiger partial charge in [-0.05, 0) is 66.0 Å². The van der Waals surface area contributed by atoms with Crippen molar-refractivity contribution in [1.29, 1.82) is 0 Å². The maximum absolute atomic E-state index is 13.2. The van der Waals surface area contributed by atoms with E-state index in [0.717, 1.165) is 6.07 Å². The normalized spacial score (nSPS) is 11.4. The molecular formula is C22H16F3N3O2S. The average molecular weight is 443 g/mol. The predicted octanol–water partition coefficient (Wildman–Crippen LogP) is 5.88. The molecule has 0 aliphatic rings. The van der Waals surface area contributed by atoms with E-state index >= 15 is 0 Å². The number of carbonyl (C=O) groups excluding carboxylic acids is 1. The second-order valence-corrected chi connectivity index (χ2v) is 7.48. The molecular weight excluding hydrogens is 427 g/mol. The first-order chi connectivity index (χ1) is 14.8. The van der Waals surface area contributed by atoms with E-state index in [4.69, 9.17) is 4.74 Å². The van der Waals surface area contributed by atoms with Gasteiger partial charge in [0.05, 0.1) is 23.4 Å². The van der Waals surface area contributed by atoms with Gasteiger partial charge in [-0.1, -0.05) is 6.07 Å². The number of carbonyl (C=O) groups is 1. The minimum absolute atomic E-state index is 0.312. The van der Waals surface area contributed by atoms with E-state index in [-0.39, 0.29) is 5.91 Å². The fraction of sp³-hybridized carbons (Fsp3) is 0.0909. The Balaban J connectivity index is 1.59. The lowest BCUT2D eigenvalue weighted by molar-refractivity contribution is -0.141. The standard InChI is InChI=1S/C22H16F3N3O2S/c1-30-17-10-4-14(5-11-17)21(29)26-15-6-8-16(9-7-15)28-18(19-3-2-12-31-19)13-20(27-28)22(23,24)25/h2-13H,1H3,(H,26,29). The average Bonchev–Trinajstić information content (AvgIpc) is 3.44. The number of ether oxygens (including phenoxy) is 1.